The molecule has 2 aromatic carbocycles. The molecule has 1 atom stereocenters. The lowest BCUT2D eigenvalue weighted by Crippen LogP contribution is -2.30. The van der Waals surface area contributed by atoms with E-state index in [2.05, 4.69) is 53.5 Å². The minimum Gasteiger partial charge on any atom is -0.383 e. The van der Waals surface area contributed by atoms with Crippen molar-refractivity contribution in [2.45, 2.75) is 42.2 Å². The molecule has 1 saturated carbocycles. The van der Waals surface area contributed by atoms with Crippen molar-refractivity contribution in [3.05, 3.63) is 36.4 Å². The molecule has 4 rings (SSSR count). The molecule has 1 fully saturated rings. The lowest BCUT2D eigenvalue weighted by Gasteiger charge is -2.34. The molecule has 1 nitrogen and oxygen atoms in total. The summed E-state index contributed by atoms with van der Waals surface area (Å²) in [4.78, 5) is 1.45. The van der Waals surface area contributed by atoms with Crippen molar-refractivity contribution in [3.63, 3.8) is 0 Å². The first-order valence-corrected chi connectivity index (χ1v) is 8.72. The number of rotatable bonds is 1. The highest BCUT2D eigenvalue weighted by Gasteiger charge is 2.28. The molecule has 2 heteroatoms. The van der Waals surface area contributed by atoms with E-state index in [1.165, 1.54) is 53.5 Å². The summed E-state index contributed by atoms with van der Waals surface area (Å²) in [5.41, 5.74) is 1.36. The van der Waals surface area contributed by atoms with Gasteiger partial charge in [0.1, 0.15) is 0 Å². The molecule has 0 spiro atoms. The molecule has 2 aromatic rings. The molecule has 1 aliphatic carbocycles. The van der Waals surface area contributed by atoms with Crippen molar-refractivity contribution in [2.75, 3.05) is 11.9 Å². The lowest BCUT2D eigenvalue weighted by molar-refractivity contribution is 0.352. The molecule has 0 amide bonds. The predicted molar refractivity (Wildman–Crippen MR) is 88.7 cm³/mol. The summed E-state index contributed by atoms with van der Waals surface area (Å²) in [6, 6.07) is 13.3. The smallest absolute Gasteiger partial charge is 0.0558 e. The first kappa shape index (κ1) is 12.6. The van der Waals surface area contributed by atoms with E-state index in [1.807, 2.05) is 0 Å². The van der Waals surface area contributed by atoms with Gasteiger partial charge in [-0.25, -0.2) is 0 Å². The third-order valence-corrected chi connectivity index (χ3v) is 6.27. The van der Waals surface area contributed by atoms with Crippen LogP contribution in [0.1, 0.15) is 32.1 Å². The van der Waals surface area contributed by atoms with Crippen LogP contribution in [0.2, 0.25) is 0 Å². The third kappa shape index (κ3) is 2.20. The van der Waals surface area contributed by atoms with Crippen LogP contribution in [0.5, 0.6) is 0 Å². The molecule has 0 bridgehead atoms. The summed E-state index contributed by atoms with van der Waals surface area (Å²) in [6.07, 6.45) is 7.19. The van der Waals surface area contributed by atoms with Gasteiger partial charge in [0.25, 0.3) is 0 Å². The quantitative estimate of drug-likeness (QED) is 0.761. The highest BCUT2D eigenvalue weighted by atomic mass is 32.2. The first-order valence-electron chi connectivity index (χ1n) is 7.84. The lowest BCUT2D eigenvalue weighted by atomic mass is 9.86. The van der Waals surface area contributed by atoms with Gasteiger partial charge in [0.05, 0.1) is 5.69 Å². The standard InChI is InChI=1S/C18H21NS/c1-2-7-14(8-3-1)17-12-19-18-15-9-5-4-6-13(15)10-11-16(18)20-17/h4-6,9-11,14,17,19H,1-3,7-8,12H2. The van der Waals surface area contributed by atoms with E-state index in [1.54, 1.807) is 0 Å². The molecular formula is C18H21NS. The maximum Gasteiger partial charge on any atom is 0.0558 e. The SMILES string of the molecule is c1ccc2c3c(ccc2c1)SC(C1CCCCC1)CN3. The van der Waals surface area contributed by atoms with E-state index in [9.17, 15) is 0 Å². The Morgan fingerprint density at radius 2 is 1.80 bits per heavy atom. The van der Waals surface area contributed by atoms with E-state index in [0.29, 0.717) is 0 Å². The summed E-state index contributed by atoms with van der Waals surface area (Å²) in [5.74, 6) is 0.917. The normalized spacial score (nSPS) is 23.3. The summed E-state index contributed by atoms with van der Waals surface area (Å²) >= 11 is 2.12. The largest absolute Gasteiger partial charge is 0.383 e. The summed E-state index contributed by atoms with van der Waals surface area (Å²) in [7, 11) is 0. The molecule has 1 aliphatic heterocycles. The van der Waals surface area contributed by atoms with Crippen molar-refractivity contribution < 1.29 is 0 Å². The number of benzene rings is 2. The van der Waals surface area contributed by atoms with Crippen LogP contribution in [-0.2, 0) is 0 Å². The van der Waals surface area contributed by atoms with Crippen LogP contribution in [0.25, 0.3) is 10.8 Å². The van der Waals surface area contributed by atoms with Gasteiger partial charge in [0.15, 0.2) is 0 Å². The van der Waals surface area contributed by atoms with Crippen molar-refractivity contribution in [1.29, 1.82) is 0 Å². The average Bonchev–Trinajstić information content (AvgIpc) is 2.55. The molecule has 0 aromatic heterocycles. The van der Waals surface area contributed by atoms with E-state index in [4.69, 9.17) is 0 Å². The molecule has 1 unspecified atom stereocenters. The van der Waals surface area contributed by atoms with E-state index >= 15 is 0 Å². The molecule has 104 valence electrons. The fourth-order valence-electron chi connectivity index (χ4n) is 3.71. The zero-order valence-corrected chi connectivity index (χ0v) is 12.6. The van der Waals surface area contributed by atoms with Gasteiger partial charge in [-0.2, -0.15) is 0 Å². The first-order chi connectivity index (χ1) is 9.92. The van der Waals surface area contributed by atoms with Gasteiger partial charge in [0.2, 0.25) is 0 Å². The third-order valence-electron chi connectivity index (χ3n) is 4.82. The summed E-state index contributed by atoms with van der Waals surface area (Å²) in [6.45, 7) is 1.14. The Balaban J connectivity index is 1.64. The van der Waals surface area contributed by atoms with Gasteiger partial charge in [0, 0.05) is 22.1 Å². The molecule has 1 heterocycles. The summed E-state index contributed by atoms with van der Waals surface area (Å²) < 4.78 is 0. The van der Waals surface area contributed by atoms with Crippen LogP contribution < -0.4 is 5.32 Å². The van der Waals surface area contributed by atoms with E-state index in [0.717, 1.165) is 17.7 Å². The maximum absolute atomic E-state index is 3.73. The fourth-order valence-corrected chi connectivity index (χ4v) is 5.11. The second-order valence-electron chi connectivity index (χ2n) is 6.10. The number of thioether (sulfide) groups is 1. The Labute approximate surface area is 125 Å². The van der Waals surface area contributed by atoms with Crippen molar-refractivity contribution in [2.24, 2.45) is 5.92 Å². The molecule has 0 saturated heterocycles. The number of nitrogens with one attached hydrogen (secondary N) is 1. The van der Waals surface area contributed by atoms with E-state index in [-0.39, 0.29) is 0 Å². The van der Waals surface area contributed by atoms with Gasteiger partial charge in [-0.15, -0.1) is 11.8 Å². The number of fused-ring (bicyclic) bond motifs is 3. The number of hydrogen-bond donors (Lipinski definition) is 1. The van der Waals surface area contributed by atoms with Gasteiger partial charge in [-0.1, -0.05) is 49.6 Å². The highest BCUT2D eigenvalue weighted by molar-refractivity contribution is 8.00. The predicted octanol–water partition coefficient (Wildman–Crippen LogP) is 5.31. The van der Waals surface area contributed by atoms with Crippen molar-refractivity contribution in [3.8, 4) is 0 Å². The van der Waals surface area contributed by atoms with Crippen LogP contribution >= 0.6 is 11.8 Å². The molecule has 2 aliphatic rings. The Bertz CT molecular complexity index is 616. The van der Waals surface area contributed by atoms with Crippen LogP contribution in [0.3, 0.4) is 0 Å². The average molecular weight is 283 g/mol. The Hall–Kier alpha value is -1.15. The zero-order valence-electron chi connectivity index (χ0n) is 11.8. The fraction of sp³-hybridized carbons (Fsp3) is 0.444. The van der Waals surface area contributed by atoms with Crippen molar-refractivity contribution >= 4 is 28.2 Å². The molecular weight excluding hydrogens is 262 g/mol. The van der Waals surface area contributed by atoms with Crippen LogP contribution in [0.4, 0.5) is 5.69 Å². The van der Waals surface area contributed by atoms with E-state index < -0.39 is 0 Å². The van der Waals surface area contributed by atoms with Crippen LogP contribution in [0, 0.1) is 5.92 Å². The molecule has 1 N–H and O–H groups in total. The molecule has 20 heavy (non-hydrogen) atoms. The zero-order chi connectivity index (χ0) is 13.4. The Kier molecular flexibility index (Phi) is 3.35. The van der Waals surface area contributed by atoms with Gasteiger partial charge < -0.3 is 5.32 Å². The van der Waals surface area contributed by atoms with Gasteiger partial charge >= 0.3 is 0 Å². The Morgan fingerprint density at radius 3 is 2.70 bits per heavy atom. The maximum atomic E-state index is 3.73. The highest BCUT2D eigenvalue weighted by Crippen LogP contribution is 2.44. The van der Waals surface area contributed by atoms with Crippen molar-refractivity contribution in [1.82, 2.24) is 0 Å². The van der Waals surface area contributed by atoms with Gasteiger partial charge in [-0.3, -0.25) is 0 Å². The number of hydrogen-bond acceptors (Lipinski definition) is 2. The second-order valence-corrected chi connectivity index (χ2v) is 7.38. The monoisotopic (exact) mass is 283 g/mol. The van der Waals surface area contributed by atoms with Crippen LogP contribution in [-0.4, -0.2) is 11.8 Å². The minimum atomic E-state index is 0.768. The molecule has 0 radical (unpaired) electrons. The summed E-state index contributed by atoms with van der Waals surface area (Å²) in [5, 5.41) is 7.22. The Morgan fingerprint density at radius 1 is 0.950 bits per heavy atom. The van der Waals surface area contributed by atoms with Gasteiger partial charge in [-0.05, 0) is 30.2 Å². The topological polar surface area (TPSA) is 12.0 Å². The number of anilines is 1. The second kappa shape index (κ2) is 5.33. The minimum absolute atomic E-state index is 0.768. The van der Waals surface area contributed by atoms with Crippen LogP contribution in [0.15, 0.2) is 41.3 Å².